The third kappa shape index (κ3) is 3.62. The molecule has 1 heterocycles. The minimum atomic E-state index is -5.04. The Kier molecular flexibility index (Phi) is 4.02. The molecule has 0 unspecified atom stereocenters. The number of halogens is 6. The summed E-state index contributed by atoms with van der Waals surface area (Å²) < 4.78 is 63.5. The summed E-state index contributed by atoms with van der Waals surface area (Å²) in [5, 5.41) is 0. The van der Waals surface area contributed by atoms with E-state index in [2.05, 4.69) is 25.7 Å². The number of rotatable bonds is 3. The van der Waals surface area contributed by atoms with Crippen LogP contribution in [0.5, 0.6) is 5.75 Å². The highest BCUT2D eigenvalue weighted by Crippen LogP contribution is 2.33. The summed E-state index contributed by atoms with van der Waals surface area (Å²) in [6.07, 6.45) is -8.15. The average Bonchev–Trinajstić information content (AvgIpc) is 2.18. The maximum atomic E-state index is 12.4. The molecule has 0 bridgehead atoms. The van der Waals surface area contributed by atoms with Gasteiger partial charge in [-0.25, -0.2) is 13.8 Å². The van der Waals surface area contributed by atoms with Crippen molar-refractivity contribution in [2.75, 3.05) is 0 Å². The van der Waals surface area contributed by atoms with E-state index in [1.807, 2.05) is 0 Å². The van der Waals surface area contributed by atoms with Crippen molar-refractivity contribution in [2.45, 2.75) is 12.8 Å². The van der Waals surface area contributed by atoms with Gasteiger partial charge in [-0.3, -0.25) is 4.79 Å². The highest BCUT2D eigenvalue weighted by molar-refractivity contribution is 9.10. The molecule has 0 fully saturated rings. The van der Waals surface area contributed by atoms with Crippen molar-refractivity contribution < 1.29 is 31.5 Å². The van der Waals surface area contributed by atoms with Crippen molar-refractivity contribution >= 4 is 22.2 Å². The van der Waals surface area contributed by atoms with Gasteiger partial charge in [-0.05, 0) is 22.0 Å². The first-order chi connectivity index (χ1) is 7.74. The van der Waals surface area contributed by atoms with Crippen molar-refractivity contribution in [3.05, 3.63) is 21.9 Å². The number of carbonyl (C=O) groups excluding carboxylic acids is 1. The fraction of sp³-hybridized carbons (Fsp3) is 0.250. The highest BCUT2D eigenvalue weighted by Gasteiger charge is 2.33. The molecule has 94 valence electrons. The minimum Gasteiger partial charge on any atom is -0.403 e. The summed E-state index contributed by atoms with van der Waals surface area (Å²) in [6, 6.07) is 0.416. The van der Waals surface area contributed by atoms with Gasteiger partial charge in [0.15, 0.2) is 12.0 Å². The zero-order valence-corrected chi connectivity index (χ0v) is 9.35. The molecule has 0 aliphatic heterocycles. The smallest absolute Gasteiger partial charge is 0.403 e. The average molecular weight is 320 g/mol. The van der Waals surface area contributed by atoms with Crippen LogP contribution in [0.25, 0.3) is 0 Å². The molecule has 0 radical (unpaired) electrons. The monoisotopic (exact) mass is 319 g/mol. The Morgan fingerprint density at radius 2 is 2.00 bits per heavy atom. The van der Waals surface area contributed by atoms with Gasteiger partial charge in [0.05, 0.1) is 5.56 Å². The number of pyridine rings is 1. The van der Waals surface area contributed by atoms with Crippen molar-refractivity contribution in [2.24, 2.45) is 0 Å². The van der Waals surface area contributed by atoms with Gasteiger partial charge in [-0.15, -0.1) is 13.2 Å². The fourth-order valence-electron chi connectivity index (χ4n) is 0.966. The highest BCUT2D eigenvalue weighted by atomic mass is 79.9. The zero-order valence-electron chi connectivity index (χ0n) is 7.76. The number of carbonyl (C=O) groups is 1. The molecule has 0 saturated heterocycles. The normalized spacial score (nSPS) is 11.7. The topological polar surface area (TPSA) is 39.2 Å². The summed E-state index contributed by atoms with van der Waals surface area (Å²) in [6.45, 7) is 0. The number of hydrogen-bond donors (Lipinski definition) is 0. The van der Waals surface area contributed by atoms with Gasteiger partial charge >= 0.3 is 6.36 Å². The van der Waals surface area contributed by atoms with Crippen LogP contribution >= 0.6 is 15.9 Å². The van der Waals surface area contributed by atoms with Gasteiger partial charge in [0.2, 0.25) is 0 Å². The molecule has 0 aliphatic rings. The molecular formula is C8H3BrF5NO2. The van der Waals surface area contributed by atoms with Gasteiger partial charge in [0, 0.05) is 0 Å². The lowest BCUT2D eigenvalue weighted by Gasteiger charge is -2.12. The summed E-state index contributed by atoms with van der Waals surface area (Å²) >= 11 is 2.58. The van der Waals surface area contributed by atoms with Gasteiger partial charge in [-0.1, -0.05) is 0 Å². The van der Waals surface area contributed by atoms with Crippen LogP contribution in [0.2, 0.25) is 0 Å². The Morgan fingerprint density at radius 3 is 2.41 bits per heavy atom. The molecule has 0 saturated carbocycles. The van der Waals surface area contributed by atoms with Crippen molar-refractivity contribution in [3.63, 3.8) is 0 Å². The molecule has 0 spiro atoms. The molecule has 17 heavy (non-hydrogen) atoms. The number of ether oxygens (including phenoxy) is 1. The molecule has 0 aliphatic carbocycles. The first-order valence-corrected chi connectivity index (χ1v) is 4.73. The lowest BCUT2D eigenvalue weighted by atomic mass is 10.2. The predicted molar refractivity (Wildman–Crippen MR) is 49.0 cm³/mol. The van der Waals surface area contributed by atoms with E-state index in [9.17, 15) is 26.7 Å². The van der Waals surface area contributed by atoms with E-state index in [4.69, 9.17) is 0 Å². The van der Waals surface area contributed by atoms with Crippen LogP contribution < -0.4 is 4.74 Å². The zero-order chi connectivity index (χ0) is 13.2. The van der Waals surface area contributed by atoms with Crippen LogP contribution in [0.1, 0.15) is 22.5 Å². The predicted octanol–water partition coefficient (Wildman–Crippen LogP) is 3.49. The SMILES string of the molecule is O=Cc1nc(Br)c(OC(F)(F)F)cc1C(F)F. The Labute approximate surface area is 99.7 Å². The van der Waals surface area contributed by atoms with Crippen molar-refractivity contribution in [3.8, 4) is 5.75 Å². The third-order valence-electron chi connectivity index (χ3n) is 1.58. The Morgan fingerprint density at radius 1 is 1.41 bits per heavy atom. The minimum absolute atomic E-state index is 0.0175. The largest absolute Gasteiger partial charge is 0.573 e. The summed E-state index contributed by atoms with van der Waals surface area (Å²) in [5.41, 5.74) is -1.58. The van der Waals surface area contributed by atoms with E-state index < -0.39 is 34.4 Å². The first-order valence-electron chi connectivity index (χ1n) is 3.94. The maximum Gasteiger partial charge on any atom is 0.573 e. The van der Waals surface area contributed by atoms with E-state index >= 15 is 0 Å². The molecule has 1 rings (SSSR count). The number of hydrogen-bond acceptors (Lipinski definition) is 3. The van der Waals surface area contributed by atoms with Crippen LogP contribution in [-0.2, 0) is 0 Å². The van der Waals surface area contributed by atoms with Crippen molar-refractivity contribution in [1.82, 2.24) is 4.98 Å². The molecule has 0 amide bonds. The molecule has 0 atom stereocenters. The summed E-state index contributed by atoms with van der Waals surface area (Å²) in [5.74, 6) is -0.932. The maximum absolute atomic E-state index is 12.4. The van der Waals surface area contributed by atoms with Crippen LogP contribution in [0, 0.1) is 0 Å². The van der Waals surface area contributed by atoms with Crippen LogP contribution in [-0.4, -0.2) is 17.6 Å². The Bertz CT molecular complexity index is 435. The number of aldehydes is 1. The molecule has 0 aromatic carbocycles. The van der Waals surface area contributed by atoms with E-state index in [-0.39, 0.29) is 6.29 Å². The van der Waals surface area contributed by atoms with E-state index in [0.29, 0.717) is 6.07 Å². The number of alkyl halides is 5. The molecule has 1 aromatic rings. The van der Waals surface area contributed by atoms with Crippen LogP contribution in [0.3, 0.4) is 0 Å². The Hall–Kier alpha value is -1.25. The fourth-order valence-corrected chi connectivity index (χ4v) is 1.35. The van der Waals surface area contributed by atoms with Gasteiger partial charge < -0.3 is 4.74 Å². The van der Waals surface area contributed by atoms with Gasteiger partial charge in [-0.2, -0.15) is 0 Å². The van der Waals surface area contributed by atoms with Crippen LogP contribution in [0.15, 0.2) is 10.7 Å². The second-order valence-electron chi connectivity index (χ2n) is 2.72. The second-order valence-corrected chi connectivity index (χ2v) is 3.47. The summed E-state index contributed by atoms with van der Waals surface area (Å²) in [7, 11) is 0. The lowest BCUT2D eigenvalue weighted by Crippen LogP contribution is -2.18. The molecular weight excluding hydrogens is 317 g/mol. The second kappa shape index (κ2) is 4.94. The van der Waals surface area contributed by atoms with E-state index in [0.717, 1.165) is 0 Å². The first kappa shape index (κ1) is 13.8. The third-order valence-corrected chi connectivity index (χ3v) is 2.14. The number of nitrogens with zero attached hydrogens (tertiary/aromatic N) is 1. The molecule has 0 N–H and O–H groups in total. The van der Waals surface area contributed by atoms with Crippen LogP contribution in [0.4, 0.5) is 22.0 Å². The summed E-state index contributed by atoms with van der Waals surface area (Å²) in [4.78, 5) is 13.6. The molecule has 9 heteroatoms. The van der Waals surface area contributed by atoms with Gasteiger partial charge in [0.25, 0.3) is 6.43 Å². The lowest BCUT2D eigenvalue weighted by molar-refractivity contribution is -0.275. The molecule has 1 aromatic heterocycles. The van der Waals surface area contributed by atoms with Gasteiger partial charge in [0.1, 0.15) is 10.3 Å². The quantitative estimate of drug-likeness (QED) is 0.486. The van der Waals surface area contributed by atoms with Crippen molar-refractivity contribution in [1.29, 1.82) is 0 Å². The number of aromatic nitrogens is 1. The Balaban J connectivity index is 3.24. The van der Waals surface area contributed by atoms with E-state index in [1.165, 1.54) is 0 Å². The molecule has 3 nitrogen and oxygen atoms in total. The van der Waals surface area contributed by atoms with E-state index in [1.54, 1.807) is 0 Å². The standard InChI is InChI=1S/C8H3BrF5NO2/c9-6-5(17-8(12,13)14)1-3(7(10)11)4(2-16)15-6/h1-2,7H.